The van der Waals surface area contributed by atoms with Gasteiger partial charge in [0.1, 0.15) is 22.2 Å². The molecule has 0 aliphatic carbocycles. The Kier molecular flexibility index (Phi) is 7.06. The second kappa shape index (κ2) is 8.30. The Balaban J connectivity index is 2.50. The van der Waals surface area contributed by atoms with E-state index in [0.717, 1.165) is 15.8 Å². The highest BCUT2D eigenvalue weighted by Gasteiger charge is 2.05. The Morgan fingerprint density at radius 3 is 2.85 bits per heavy atom. The summed E-state index contributed by atoms with van der Waals surface area (Å²) in [6.07, 6.45) is 7.01. The van der Waals surface area contributed by atoms with Crippen molar-refractivity contribution in [1.82, 2.24) is 5.32 Å². The number of nitrogens with one attached hydrogen (secondary N) is 1. The van der Waals surface area contributed by atoms with Crippen LogP contribution in [0.15, 0.2) is 22.7 Å². The van der Waals surface area contributed by atoms with Crippen molar-refractivity contribution in [2.75, 3.05) is 25.2 Å². The molecule has 1 aromatic carbocycles. The fraction of sp³-hybridized carbons (Fsp3) is 0.429. The van der Waals surface area contributed by atoms with Gasteiger partial charge in [0.2, 0.25) is 0 Å². The minimum absolute atomic E-state index is 0.193. The van der Waals surface area contributed by atoms with Gasteiger partial charge in [0.25, 0.3) is 0 Å². The van der Waals surface area contributed by atoms with E-state index in [9.17, 15) is 8.42 Å². The second-order valence-electron chi connectivity index (χ2n) is 4.41. The first kappa shape index (κ1) is 17.0. The highest BCUT2D eigenvalue weighted by atomic mass is 79.9. The van der Waals surface area contributed by atoms with E-state index in [1.54, 1.807) is 0 Å². The molecule has 0 unspecified atom stereocenters. The van der Waals surface area contributed by atoms with Crippen LogP contribution >= 0.6 is 15.9 Å². The average molecular weight is 360 g/mol. The summed E-state index contributed by atoms with van der Waals surface area (Å²) in [6, 6.07) is 5.70. The van der Waals surface area contributed by atoms with E-state index in [0.29, 0.717) is 19.5 Å². The molecule has 0 bridgehead atoms. The molecule has 0 amide bonds. The van der Waals surface area contributed by atoms with Gasteiger partial charge in [-0.3, -0.25) is 0 Å². The molecule has 0 fully saturated rings. The van der Waals surface area contributed by atoms with Crippen LogP contribution in [-0.2, 0) is 16.4 Å². The van der Waals surface area contributed by atoms with Crippen molar-refractivity contribution in [2.45, 2.75) is 13.0 Å². The van der Waals surface area contributed by atoms with E-state index in [1.165, 1.54) is 6.26 Å². The summed E-state index contributed by atoms with van der Waals surface area (Å²) in [5, 5.41) is 3.20. The molecule has 110 valence electrons. The molecule has 0 aromatic heterocycles. The zero-order valence-corrected chi connectivity index (χ0v) is 13.8. The third-order valence-corrected chi connectivity index (χ3v) is 4.04. The normalized spacial score (nSPS) is 11.1. The zero-order valence-electron chi connectivity index (χ0n) is 11.4. The third kappa shape index (κ3) is 6.94. The maximum absolute atomic E-state index is 11.0. The van der Waals surface area contributed by atoms with Gasteiger partial charge in [-0.1, -0.05) is 21.9 Å². The molecule has 0 spiro atoms. The maximum Gasteiger partial charge on any atom is 0.148 e. The lowest BCUT2D eigenvalue weighted by Gasteiger charge is -2.11. The summed E-state index contributed by atoms with van der Waals surface area (Å²) < 4.78 is 28.4. The highest BCUT2D eigenvalue weighted by Crippen LogP contribution is 2.23. The Hall–Kier alpha value is -1.03. The van der Waals surface area contributed by atoms with Crippen LogP contribution in [0.1, 0.15) is 12.0 Å². The lowest BCUT2D eigenvalue weighted by atomic mass is 10.2. The number of benzene rings is 1. The van der Waals surface area contributed by atoms with Gasteiger partial charge < -0.3 is 10.1 Å². The number of hydrogen-bond donors (Lipinski definition) is 1. The molecule has 0 aliphatic rings. The van der Waals surface area contributed by atoms with Crippen LogP contribution < -0.4 is 10.1 Å². The van der Waals surface area contributed by atoms with Crippen molar-refractivity contribution >= 4 is 25.8 Å². The predicted octanol–water partition coefficient (Wildman–Crippen LogP) is 1.99. The molecule has 20 heavy (non-hydrogen) atoms. The van der Waals surface area contributed by atoms with Crippen LogP contribution in [0, 0.1) is 12.3 Å². The molecule has 0 saturated carbocycles. The van der Waals surface area contributed by atoms with Gasteiger partial charge in [-0.2, -0.15) is 0 Å². The second-order valence-corrected chi connectivity index (χ2v) is 7.58. The van der Waals surface area contributed by atoms with Gasteiger partial charge in [-0.15, -0.1) is 6.42 Å². The largest absolute Gasteiger partial charge is 0.481 e. The number of rotatable bonds is 8. The number of halogens is 1. The lowest BCUT2D eigenvalue weighted by molar-refractivity contribution is 0.364. The van der Waals surface area contributed by atoms with Crippen molar-refractivity contribution in [1.29, 1.82) is 0 Å². The summed E-state index contributed by atoms with van der Waals surface area (Å²) in [7, 11) is -2.89. The Morgan fingerprint density at radius 1 is 1.45 bits per heavy atom. The Labute approximate surface area is 129 Å². The predicted molar refractivity (Wildman–Crippen MR) is 84.5 cm³/mol. The van der Waals surface area contributed by atoms with E-state index in [-0.39, 0.29) is 12.4 Å². The van der Waals surface area contributed by atoms with Crippen molar-refractivity contribution in [2.24, 2.45) is 0 Å². The van der Waals surface area contributed by atoms with E-state index in [4.69, 9.17) is 11.2 Å². The summed E-state index contributed by atoms with van der Waals surface area (Å²) in [5.41, 5.74) is 0.981. The third-order valence-electron chi connectivity index (χ3n) is 2.52. The van der Waals surface area contributed by atoms with Crippen molar-refractivity contribution in [3.63, 3.8) is 0 Å². The fourth-order valence-electron chi connectivity index (χ4n) is 1.63. The van der Waals surface area contributed by atoms with Crippen LogP contribution in [0.3, 0.4) is 0 Å². The molecule has 6 heteroatoms. The molecular formula is C14H18BrNO3S. The van der Waals surface area contributed by atoms with E-state index >= 15 is 0 Å². The molecule has 0 saturated heterocycles. The first-order valence-electron chi connectivity index (χ1n) is 6.15. The Bertz CT molecular complexity index is 579. The standard InChI is InChI=1S/C14H18BrNO3S/c1-3-8-19-14-6-5-13(15)10-12(14)11-16-7-4-9-20(2,17)18/h1,5-6,10,16H,4,7-9,11H2,2H3. The quantitative estimate of drug-likeness (QED) is 0.569. The molecule has 4 nitrogen and oxygen atoms in total. The van der Waals surface area contributed by atoms with Gasteiger partial charge in [0, 0.05) is 22.8 Å². The maximum atomic E-state index is 11.0. The highest BCUT2D eigenvalue weighted by molar-refractivity contribution is 9.10. The first-order valence-corrected chi connectivity index (χ1v) is 9.01. The number of hydrogen-bond acceptors (Lipinski definition) is 4. The topological polar surface area (TPSA) is 55.4 Å². The summed E-state index contributed by atoms with van der Waals surface area (Å²) in [6.45, 7) is 1.46. The van der Waals surface area contributed by atoms with Crippen molar-refractivity contribution < 1.29 is 13.2 Å². The molecule has 0 radical (unpaired) electrons. The monoisotopic (exact) mass is 359 g/mol. The zero-order chi connectivity index (χ0) is 15.0. The summed E-state index contributed by atoms with van der Waals surface area (Å²) in [4.78, 5) is 0. The van der Waals surface area contributed by atoms with E-state index < -0.39 is 9.84 Å². The average Bonchev–Trinajstić information content (AvgIpc) is 2.36. The fourth-order valence-corrected chi connectivity index (χ4v) is 2.71. The van der Waals surface area contributed by atoms with Gasteiger partial charge in [0.05, 0.1) is 5.75 Å². The van der Waals surface area contributed by atoms with Gasteiger partial charge in [-0.25, -0.2) is 8.42 Å². The smallest absolute Gasteiger partial charge is 0.148 e. The molecule has 1 rings (SSSR count). The molecular weight excluding hydrogens is 342 g/mol. The minimum Gasteiger partial charge on any atom is -0.481 e. The van der Waals surface area contributed by atoms with Gasteiger partial charge in [-0.05, 0) is 31.2 Å². The lowest BCUT2D eigenvalue weighted by Crippen LogP contribution is -2.18. The van der Waals surface area contributed by atoms with E-state index in [1.807, 2.05) is 18.2 Å². The van der Waals surface area contributed by atoms with Crippen molar-refractivity contribution in [3.05, 3.63) is 28.2 Å². The van der Waals surface area contributed by atoms with Gasteiger partial charge in [0.15, 0.2) is 0 Å². The SMILES string of the molecule is C#CCOc1ccc(Br)cc1CNCCCS(C)(=O)=O. The Morgan fingerprint density at radius 2 is 2.20 bits per heavy atom. The van der Waals surface area contributed by atoms with Crippen LogP contribution in [-0.4, -0.2) is 33.6 Å². The van der Waals surface area contributed by atoms with Crippen LogP contribution in [0.5, 0.6) is 5.75 Å². The summed E-state index contributed by atoms with van der Waals surface area (Å²) in [5.74, 6) is 3.36. The van der Waals surface area contributed by atoms with Crippen LogP contribution in [0.25, 0.3) is 0 Å². The van der Waals surface area contributed by atoms with Gasteiger partial charge >= 0.3 is 0 Å². The molecule has 0 atom stereocenters. The number of sulfone groups is 1. The first-order chi connectivity index (χ1) is 9.42. The molecule has 1 N–H and O–H groups in total. The minimum atomic E-state index is -2.89. The summed E-state index contributed by atoms with van der Waals surface area (Å²) >= 11 is 3.41. The van der Waals surface area contributed by atoms with E-state index in [2.05, 4.69) is 27.2 Å². The molecule has 0 aliphatic heterocycles. The number of terminal acetylenes is 1. The molecule has 1 aromatic rings. The van der Waals surface area contributed by atoms with Crippen LogP contribution in [0.2, 0.25) is 0 Å². The molecule has 0 heterocycles. The van der Waals surface area contributed by atoms with Crippen LogP contribution in [0.4, 0.5) is 0 Å². The van der Waals surface area contributed by atoms with Crippen molar-refractivity contribution in [3.8, 4) is 18.1 Å². The number of ether oxygens (including phenoxy) is 1.